The van der Waals surface area contributed by atoms with Crippen molar-refractivity contribution in [2.75, 3.05) is 19.0 Å². The molecule has 0 aliphatic carbocycles. The van der Waals surface area contributed by atoms with E-state index in [1.165, 1.54) is 10.9 Å². The molecule has 2 atom stereocenters. The normalized spacial score (nSPS) is 12.9. The fourth-order valence-electron chi connectivity index (χ4n) is 3.45. The van der Waals surface area contributed by atoms with Crippen LogP contribution in [0, 0.1) is 21.7 Å². The van der Waals surface area contributed by atoms with Gasteiger partial charge in [0.15, 0.2) is 0 Å². The van der Waals surface area contributed by atoms with Crippen molar-refractivity contribution in [2.24, 2.45) is 7.05 Å². The van der Waals surface area contributed by atoms with Gasteiger partial charge in [0.25, 0.3) is 0 Å². The van der Waals surface area contributed by atoms with Crippen LogP contribution in [0.25, 0.3) is 0 Å². The molecule has 3 aromatic rings. The molecular formula is C22H25F2N5O4. The Morgan fingerprint density at radius 2 is 1.94 bits per heavy atom. The van der Waals surface area contributed by atoms with Gasteiger partial charge in [-0.1, -0.05) is 12.1 Å². The molecule has 33 heavy (non-hydrogen) atoms. The predicted molar refractivity (Wildman–Crippen MR) is 118 cm³/mol. The number of aliphatic hydroxyl groups excluding tert-OH is 1. The van der Waals surface area contributed by atoms with E-state index in [9.17, 15) is 24.0 Å². The van der Waals surface area contributed by atoms with Gasteiger partial charge in [-0.25, -0.2) is 8.78 Å². The molecule has 0 aliphatic rings. The van der Waals surface area contributed by atoms with Crippen LogP contribution in [0.3, 0.4) is 0 Å². The largest absolute Gasteiger partial charge is 0.497 e. The molecule has 3 rings (SSSR count). The van der Waals surface area contributed by atoms with Crippen molar-refractivity contribution in [1.82, 2.24) is 14.9 Å². The van der Waals surface area contributed by atoms with Gasteiger partial charge < -0.3 is 30.6 Å². The summed E-state index contributed by atoms with van der Waals surface area (Å²) in [6.07, 6.45) is 0.225. The molecule has 0 aliphatic heterocycles. The maximum atomic E-state index is 13.7. The van der Waals surface area contributed by atoms with E-state index in [2.05, 4.69) is 15.6 Å². The van der Waals surface area contributed by atoms with E-state index in [4.69, 9.17) is 4.74 Å². The summed E-state index contributed by atoms with van der Waals surface area (Å²) in [7, 11) is 3.13. The Kier molecular flexibility index (Phi) is 7.91. The number of nitro groups is 1. The Labute approximate surface area is 189 Å². The Morgan fingerprint density at radius 1 is 1.21 bits per heavy atom. The standard InChI is InChI=1S/C22H25F2N5O4/c1-28-13-26-21(29(31)32)22(28)27-19(9-15-6-16(23)10-17(24)7-15)20(30)12-25-11-14-4-3-5-18(8-14)33-2/h3-8,10,13,19-20,25,27,30H,9,11-12H2,1-2H3. The summed E-state index contributed by atoms with van der Waals surface area (Å²) in [5.41, 5.74) is 1.22. The number of benzene rings is 2. The van der Waals surface area contributed by atoms with E-state index in [0.717, 1.165) is 23.8 Å². The topological polar surface area (TPSA) is 114 Å². The summed E-state index contributed by atoms with van der Waals surface area (Å²) in [4.78, 5) is 14.4. The molecule has 1 aromatic heterocycles. The Hall–Kier alpha value is -3.57. The van der Waals surface area contributed by atoms with Gasteiger partial charge in [-0.3, -0.25) is 4.57 Å². The number of hydrogen-bond acceptors (Lipinski definition) is 7. The lowest BCUT2D eigenvalue weighted by Gasteiger charge is -2.25. The maximum absolute atomic E-state index is 13.7. The monoisotopic (exact) mass is 461 g/mol. The zero-order valence-corrected chi connectivity index (χ0v) is 18.2. The average Bonchev–Trinajstić information content (AvgIpc) is 3.13. The van der Waals surface area contributed by atoms with Gasteiger partial charge >= 0.3 is 5.82 Å². The van der Waals surface area contributed by atoms with Gasteiger partial charge in [-0.05, 0) is 51.7 Å². The van der Waals surface area contributed by atoms with Gasteiger partial charge in [-0.2, -0.15) is 0 Å². The molecule has 11 heteroatoms. The van der Waals surface area contributed by atoms with Crippen molar-refractivity contribution in [1.29, 1.82) is 0 Å². The minimum absolute atomic E-state index is 0.0129. The Balaban J connectivity index is 1.76. The predicted octanol–water partition coefficient (Wildman–Crippen LogP) is 2.79. The summed E-state index contributed by atoms with van der Waals surface area (Å²) < 4.78 is 34.0. The van der Waals surface area contributed by atoms with E-state index in [1.807, 2.05) is 24.3 Å². The summed E-state index contributed by atoms with van der Waals surface area (Å²) in [6.45, 7) is 0.541. The van der Waals surface area contributed by atoms with Crippen LogP contribution in [-0.2, 0) is 20.0 Å². The first kappa shape index (κ1) is 24.1. The van der Waals surface area contributed by atoms with Gasteiger partial charge in [-0.15, -0.1) is 0 Å². The van der Waals surface area contributed by atoms with Gasteiger partial charge in [0.1, 0.15) is 17.4 Å². The van der Waals surface area contributed by atoms with E-state index < -0.39 is 34.5 Å². The fraction of sp³-hybridized carbons (Fsp3) is 0.318. The Morgan fingerprint density at radius 3 is 2.61 bits per heavy atom. The van der Waals surface area contributed by atoms with Gasteiger partial charge in [0, 0.05) is 26.2 Å². The van der Waals surface area contributed by atoms with E-state index >= 15 is 0 Å². The molecule has 0 fully saturated rings. The van der Waals surface area contributed by atoms with Crippen LogP contribution in [0.2, 0.25) is 0 Å². The molecule has 0 amide bonds. The minimum atomic E-state index is -1.06. The van der Waals surface area contributed by atoms with E-state index in [1.54, 1.807) is 14.2 Å². The molecule has 3 N–H and O–H groups in total. The molecule has 9 nitrogen and oxygen atoms in total. The van der Waals surface area contributed by atoms with E-state index in [-0.39, 0.29) is 18.8 Å². The van der Waals surface area contributed by atoms with Crippen LogP contribution in [0.1, 0.15) is 11.1 Å². The molecule has 0 bridgehead atoms. The first-order chi connectivity index (χ1) is 15.8. The number of rotatable bonds is 11. The van der Waals surface area contributed by atoms with Crippen LogP contribution in [0.15, 0.2) is 48.8 Å². The number of halogens is 2. The Bertz CT molecular complexity index is 1090. The summed E-state index contributed by atoms with van der Waals surface area (Å²) in [6, 6.07) is 9.67. The van der Waals surface area contributed by atoms with Crippen molar-refractivity contribution in [3.8, 4) is 5.75 Å². The number of aryl methyl sites for hydroxylation is 1. The lowest BCUT2D eigenvalue weighted by Crippen LogP contribution is -2.42. The second-order valence-electron chi connectivity index (χ2n) is 7.57. The molecular weight excluding hydrogens is 436 g/mol. The zero-order valence-electron chi connectivity index (χ0n) is 18.2. The first-order valence-corrected chi connectivity index (χ1v) is 10.2. The number of imidazole rings is 1. The SMILES string of the molecule is COc1cccc(CNCC(O)C(Cc2cc(F)cc(F)c2)Nc2c([N+](=O)[O-])ncn2C)c1. The van der Waals surface area contributed by atoms with Crippen LogP contribution in [0.5, 0.6) is 5.75 Å². The third kappa shape index (κ3) is 6.46. The number of anilines is 1. The van der Waals surface area contributed by atoms with Crippen LogP contribution in [0.4, 0.5) is 20.4 Å². The minimum Gasteiger partial charge on any atom is -0.497 e. The lowest BCUT2D eigenvalue weighted by molar-refractivity contribution is -0.388. The van der Waals surface area contributed by atoms with Crippen LogP contribution in [-0.4, -0.2) is 45.4 Å². The molecule has 0 saturated heterocycles. The quantitative estimate of drug-likeness (QED) is 0.297. The fourth-order valence-corrected chi connectivity index (χ4v) is 3.45. The summed E-state index contributed by atoms with van der Waals surface area (Å²) in [5.74, 6) is -1.13. The second kappa shape index (κ2) is 10.8. The van der Waals surface area contributed by atoms with Crippen LogP contribution >= 0.6 is 0 Å². The second-order valence-corrected chi connectivity index (χ2v) is 7.57. The molecule has 2 aromatic carbocycles. The highest BCUT2D eigenvalue weighted by molar-refractivity contribution is 5.53. The highest BCUT2D eigenvalue weighted by atomic mass is 19.1. The third-order valence-electron chi connectivity index (χ3n) is 5.07. The van der Waals surface area contributed by atoms with E-state index in [0.29, 0.717) is 17.9 Å². The van der Waals surface area contributed by atoms with Crippen LogP contribution < -0.4 is 15.4 Å². The number of nitrogens with one attached hydrogen (secondary N) is 2. The smallest absolute Gasteiger partial charge is 0.406 e. The summed E-state index contributed by atoms with van der Waals surface area (Å²) in [5, 5.41) is 28.2. The van der Waals surface area contributed by atoms with Crippen molar-refractivity contribution in [3.63, 3.8) is 0 Å². The van der Waals surface area contributed by atoms with Gasteiger partial charge in [0.2, 0.25) is 12.1 Å². The molecule has 0 spiro atoms. The maximum Gasteiger partial charge on any atom is 0.406 e. The van der Waals surface area contributed by atoms with Crippen molar-refractivity contribution in [2.45, 2.75) is 25.1 Å². The number of aromatic nitrogens is 2. The van der Waals surface area contributed by atoms with Crippen molar-refractivity contribution in [3.05, 3.63) is 81.7 Å². The van der Waals surface area contributed by atoms with Crippen molar-refractivity contribution >= 4 is 11.6 Å². The lowest BCUT2D eigenvalue weighted by atomic mass is 10.0. The third-order valence-corrected chi connectivity index (χ3v) is 5.07. The summed E-state index contributed by atoms with van der Waals surface area (Å²) >= 11 is 0. The highest BCUT2D eigenvalue weighted by Crippen LogP contribution is 2.24. The number of nitrogens with zero attached hydrogens (tertiary/aromatic N) is 3. The molecule has 2 unspecified atom stereocenters. The number of methoxy groups -OCH3 is 1. The molecule has 0 radical (unpaired) electrons. The van der Waals surface area contributed by atoms with Gasteiger partial charge in [0.05, 0.1) is 19.3 Å². The highest BCUT2D eigenvalue weighted by Gasteiger charge is 2.27. The molecule has 1 heterocycles. The number of hydrogen-bond donors (Lipinski definition) is 3. The average molecular weight is 461 g/mol. The number of aliphatic hydroxyl groups is 1. The zero-order chi connectivity index (χ0) is 24.0. The molecule has 176 valence electrons. The van der Waals surface area contributed by atoms with Crippen molar-refractivity contribution < 1.29 is 23.5 Å². The number of ether oxygens (including phenoxy) is 1. The molecule has 0 saturated carbocycles. The first-order valence-electron chi connectivity index (χ1n) is 10.2.